The molecule has 22 heavy (non-hydrogen) atoms. The molecule has 0 saturated carbocycles. The standard InChI is InChI=1S/C16H22N2O4/c1-9-12-11(10(2)17-13(9)18(3)4)7-8-16(12,14(19)21-5)15(20)22-6/h7-8H2,1-6H3. The number of methoxy groups -OCH3 is 2. The van der Waals surface area contributed by atoms with Crippen molar-refractivity contribution in [3.8, 4) is 0 Å². The molecule has 0 fully saturated rings. The molecule has 0 amide bonds. The van der Waals surface area contributed by atoms with Gasteiger partial charge in [-0.2, -0.15) is 0 Å². The Labute approximate surface area is 130 Å². The SMILES string of the molecule is COC(=O)C1(C(=O)OC)CCc2c(C)nc(N(C)C)c(C)c21. The molecule has 1 aliphatic carbocycles. The Kier molecular flexibility index (Phi) is 4.13. The topological polar surface area (TPSA) is 68.7 Å². The van der Waals surface area contributed by atoms with Crippen molar-refractivity contribution >= 4 is 17.8 Å². The molecule has 1 aromatic heterocycles. The van der Waals surface area contributed by atoms with E-state index in [4.69, 9.17) is 9.47 Å². The van der Waals surface area contributed by atoms with Gasteiger partial charge in [-0.25, -0.2) is 4.98 Å². The van der Waals surface area contributed by atoms with Gasteiger partial charge in [0.1, 0.15) is 5.82 Å². The fourth-order valence-corrected chi connectivity index (χ4v) is 3.43. The van der Waals surface area contributed by atoms with Crippen molar-refractivity contribution < 1.29 is 19.1 Å². The lowest BCUT2D eigenvalue weighted by molar-refractivity contribution is -0.162. The summed E-state index contributed by atoms with van der Waals surface area (Å²) in [5.74, 6) is -0.400. The fraction of sp³-hybridized carbons (Fsp3) is 0.562. The highest BCUT2D eigenvalue weighted by atomic mass is 16.5. The smallest absolute Gasteiger partial charge is 0.327 e. The lowest BCUT2D eigenvalue weighted by Gasteiger charge is -2.28. The second-order valence-electron chi connectivity index (χ2n) is 5.78. The number of esters is 2. The summed E-state index contributed by atoms with van der Waals surface area (Å²) in [6, 6.07) is 0. The van der Waals surface area contributed by atoms with E-state index < -0.39 is 17.4 Å². The molecule has 2 rings (SSSR count). The minimum Gasteiger partial charge on any atom is -0.468 e. The highest BCUT2D eigenvalue weighted by molar-refractivity contribution is 6.08. The normalized spacial score (nSPS) is 15.2. The highest BCUT2D eigenvalue weighted by Crippen LogP contribution is 2.45. The van der Waals surface area contributed by atoms with Crippen LogP contribution in [0.15, 0.2) is 0 Å². The third-order valence-corrected chi connectivity index (χ3v) is 4.39. The predicted octanol–water partition coefficient (Wildman–Crippen LogP) is 1.29. The van der Waals surface area contributed by atoms with Crippen molar-refractivity contribution in [2.75, 3.05) is 33.2 Å². The third kappa shape index (κ3) is 2.05. The predicted molar refractivity (Wildman–Crippen MR) is 82.1 cm³/mol. The number of nitrogens with zero attached hydrogens (tertiary/aromatic N) is 2. The van der Waals surface area contributed by atoms with Gasteiger partial charge in [0.2, 0.25) is 0 Å². The molecule has 1 aromatic rings. The van der Waals surface area contributed by atoms with Gasteiger partial charge >= 0.3 is 11.9 Å². The minimum absolute atomic E-state index is 0.349. The summed E-state index contributed by atoms with van der Waals surface area (Å²) < 4.78 is 9.88. The van der Waals surface area contributed by atoms with Gasteiger partial charge in [0.05, 0.1) is 14.2 Å². The van der Waals surface area contributed by atoms with E-state index in [1.807, 2.05) is 32.8 Å². The second kappa shape index (κ2) is 5.59. The molecule has 1 heterocycles. The number of aryl methyl sites for hydroxylation is 1. The Bertz CT molecular complexity index is 622. The first kappa shape index (κ1) is 16.3. The molecule has 6 nitrogen and oxygen atoms in total. The summed E-state index contributed by atoms with van der Waals surface area (Å²) in [7, 11) is 6.35. The molecular formula is C16H22N2O4. The number of pyridine rings is 1. The zero-order valence-corrected chi connectivity index (χ0v) is 13.9. The number of hydrogen-bond donors (Lipinski definition) is 0. The number of fused-ring (bicyclic) bond motifs is 1. The minimum atomic E-state index is -1.39. The van der Waals surface area contributed by atoms with Crippen molar-refractivity contribution in [3.63, 3.8) is 0 Å². The monoisotopic (exact) mass is 306 g/mol. The van der Waals surface area contributed by atoms with E-state index in [0.717, 1.165) is 22.6 Å². The molecule has 0 aromatic carbocycles. The lowest BCUT2D eigenvalue weighted by atomic mass is 9.79. The summed E-state index contributed by atoms with van der Waals surface area (Å²) >= 11 is 0. The lowest BCUT2D eigenvalue weighted by Crippen LogP contribution is -2.44. The van der Waals surface area contributed by atoms with E-state index >= 15 is 0 Å². The second-order valence-corrected chi connectivity index (χ2v) is 5.78. The highest BCUT2D eigenvalue weighted by Gasteiger charge is 2.55. The maximum absolute atomic E-state index is 12.5. The van der Waals surface area contributed by atoms with Crippen LogP contribution in [0.25, 0.3) is 0 Å². The molecule has 0 bridgehead atoms. The molecular weight excluding hydrogens is 284 g/mol. The molecule has 0 atom stereocenters. The first-order chi connectivity index (χ1) is 10.3. The Morgan fingerprint density at radius 1 is 1.14 bits per heavy atom. The average molecular weight is 306 g/mol. The summed E-state index contributed by atoms with van der Waals surface area (Å²) in [6.45, 7) is 3.78. The largest absolute Gasteiger partial charge is 0.468 e. The molecule has 6 heteroatoms. The van der Waals surface area contributed by atoms with E-state index in [0.29, 0.717) is 18.4 Å². The molecule has 0 saturated heterocycles. The average Bonchev–Trinajstić information content (AvgIpc) is 2.91. The van der Waals surface area contributed by atoms with Crippen LogP contribution in [-0.2, 0) is 30.9 Å². The zero-order valence-electron chi connectivity index (χ0n) is 13.9. The first-order valence-corrected chi connectivity index (χ1v) is 7.16. The van der Waals surface area contributed by atoms with Crippen LogP contribution in [-0.4, -0.2) is 45.2 Å². The molecule has 0 spiro atoms. The number of rotatable bonds is 3. The van der Waals surface area contributed by atoms with Gasteiger partial charge in [0.15, 0.2) is 5.41 Å². The van der Waals surface area contributed by atoms with E-state index in [1.54, 1.807) is 0 Å². The van der Waals surface area contributed by atoms with Crippen molar-refractivity contribution in [2.24, 2.45) is 0 Å². The quantitative estimate of drug-likeness (QED) is 0.619. The van der Waals surface area contributed by atoms with Crippen LogP contribution in [0.3, 0.4) is 0 Å². The molecule has 0 aliphatic heterocycles. The summed E-state index contributed by atoms with van der Waals surface area (Å²) in [5.41, 5.74) is 1.90. The Hall–Kier alpha value is -2.11. The van der Waals surface area contributed by atoms with Crippen molar-refractivity contribution in [1.29, 1.82) is 0 Å². The number of aromatic nitrogens is 1. The molecule has 0 N–H and O–H groups in total. The number of carbonyl (C=O) groups excluding carboxylic acids is 2. The van der Waals surface area contributed by atoms with Gasteiger partial charge in [-0.05, 0) is 43.4 Å². The van der Waals surface area contributed by atoms with Crippen LogP contribution in [0.5, 0.6) is 0 Å². The van der Waals surface area contributed by atoms with Gasteiger partial charge in [0, 0.05) is 19.8 Å². The number of ether oxygens (including phenoxy) is 2. The summed E-state index contributed by atoms with van der Waals surface area (Å²) in [4.78, 5) is 31.5. The van der Waals surface area contributed by atoms with Crippen LogP contribution < -0.4 is 4.90 Å². The molecule has 0 radical (unpaired) electrons. The van der Waals surface area contributed by atoms with E-state index in [9.17, 15) is 9.59 Å². The van der Waals surface area contributed by atoms with Crippen LogP contribution >= 0.6 is 0 Å². The van der Waals surface area contributed by atoms with E-state index in [2.05, 4.69) is 4.98 Å². The Morgan fingerprint density at radius 3 is 2.14 bits per heavy atom. The van der Waals surface area contributed by atoms with Crippen LogP contribution in [0.1, 0.15) is 28.8 Å². The van der Waals surface area contributed by atoms with Crippen LogP contribution in [0.2, 0.25) is 0 Å². The number of hydrogen-bond acceptors (Lipinski definition) is 6. The van der Waals surface area contributed by atoms with Crippen molar-refractivity contribution in [3.05, 3.63) is 22.4 Å². The number of carbonyl (C=O) groups is 2. The summed E-state index contributed by atoms with van der Waals surface area (Å²) in [5, 5.41) is 0. The van der Waals surface area contributed by atoms with Gasteiger partial charge < -0.3 is 14.4 Å². The van der Waals surface area contributed by atoms with Crippen LogP contribution in [0, 0.1) is 13.8 Å². The fourth-order valence-electron chi connectivity index (χ4n) is 3.43. The zero-order chi connectivity index (χ0) is 16.7. The van der Waals surface area contributed by atoms with Gasteiger partial charge in [0.25, 0.3) is 0 Å². The third-order valence-electron chi connectivity index (χ3n) is 4.39. The van der Waals surface area contributed by atoms with Crippen LogP contribution in [0.4, 0.5) is 5.82 Å². The van der Waals surface area contributed by atoms with Crippen molar-refractivity contribution in [1.82, 2.24) is 4.98 Å². The molecule has 0 unspecified atom stereocenters. The Morgan fingerprint density at radius 2 is 1.68 bits per heavy atom. The van der Waals surface area contributed by atoms with Crippen molar-refractivity contribution in [2.45, 2.75) is 32.1 Å². The molecule has 1 aliphatic rings. The number of anilines is 1. The van der Waals surface area contributed by atoms with E-state index in [1.165, 1.54) is 14.2 Å². The van der Waals surface area contributed by atoms with Gasteiger partial charge in [-0.3, -0.25) is 9.59 Å². The molecule has 120 valence electrons. The first-order valence-electron chi connectivity index (χ1n) is 7.16. The van der Waals surface area contributed by atoms with Gasteiger partial charge in [-0.15, -0.1) is 0 Å². The van der Waals surface area contributed by atoms with Gasteiger partial charge in [-0.1, -0.05) is 0 Å². The Balaban J connectivity index is 2.82. The maximum Gasteiger partial charge on any atom is 0.327 e. The van der Waals surface area contributed by atoms with E-state index in [-0.39, 0.29) is 0 Å². The summed E-state index contributed by atoms with van der Waals surface area (Å²) in [6.07, 6.45) is 0.953. The maximum atomic E-state index is 12.5.